The molecular weight excluding hydrogens is 160 g/mol. The van der Waals surface area contributed by atoms with Crippen LogP contribution in [0.25, 0.3) is 0 Å². The number of hydrogen-bond donors (Lipinski definition) is 1. The third kappa shape index (κ3) is 3.25. The van der Waals surface area contributed by atoms with Crippen LogP contribution in [0, 0.1) is 0 Å². The van der Waals surface area contributed by atoms with E-state index in [1.165, 1.54) is 0 Å². The van der Waals surface area contributed by atoms with Gasteiger partial charge in [-0.1, -0.05) is 0 Å². The van der Waals surface area contributed by atoms with Crippen LogP contribution in [0.2, 0.25) is 0 Å². The van der Waals surface area contributed by atoms with Crippen molar-refractivity contribution in [2.45, 2.75) is 13.5 Å². The van der Waals surface area contributed by atoms with E-state index in [0.717, 1.165) is 11.4 Å². The van der Waals surface area contributed by atoms with Gasteiger partial charge in [-0.05, 0) is 6.92 Å². The Balaban J connectivity index is 2.19. The minimum Gasteiger partial charge on any atom is -0.305 e. The van der Waals surface area contributed by atoms with Crippen LogP contribution in [-0.2, 0) is 11.3 Å². The monoisotopic (exact) mass is 170 g/mol. The van der Waals surface area contributed by atoms with Crippen LogP contribution in [0.1, 0.15) is 11.8 Å². The molecule has 11 heavy (non-hydrogen) atoms. The van der Waals surface area contributed by atoms with Gasteiger partial charge in [-0.2, -0.15) is 0 Å². The van der Waals surface area contributed by atoms with Gasteiger partial charge < -0.3 is 5.32 Å². The lowest BCUT2D eigenvalue weighted by Gasteiger charge is -1.96. The predicted octanol–water partition coefficient (Wildman–Crippen LogP) is 0.822. The molecule has 1 aromatic heterocycles. The maximum Gasteiger partial charge on any atom is 0.143 e. The minimum absolute atomic E-state index is 0.162. The molecular formula is C7H10N2OS. The second-order valence-corrected chi connectivity index (χ2v) is 3.24. The molecule has 0 spiro atoms. The van der Waals surface area contributed by atoms with E-state index in [-0.39, 0.29) is 5.78 Å². The Kier molecular flexibility index (Phi) is 3.19. The van der Waals surface area contributed by atoms with E-state index >= 15 is 0 Å². The van der Waals surface area contributed by atoms with Crippen molar-refractivity contribution >= 4 is 17.1 Å². The molecule has 1 heterocycles. The van der Waals surface area contributed by atoms with Gasteiger partial charge in [0.15, 0.2) is 0 Å². The number of thiazole rings is 1. The number of hydrogen-bond acceptors (Lipinski definition) is 4. The molecule has 0 aliphatic rings. The van der Waals surface area contributed by atoms with Crippen LogP contribution in [0.5, 0.6) is 0 Å². The van der Waals surface area contributed by atoms with Gasteiger partial charge in [0.2, 0.25) is 0 Å². The van der Waals surface area contributed by atoms with Gasteiger partial charge in [0.25, 0.3) is 0 Å². The highest BCUT2D eigenvalue weighted by atomic mass is 32.1. The lowest BCUT2D eigenvalue weighted by atomic mass is 10.4. The second kappa shape index (κ2) is 4.20. The van der Waals surface area contributed by atoms with Crippen LogP contribution in [-0.4, -0.2) is 17.3 Å². The highest BCUT2D eigenvalue weighted by molar-refractivity contribution is 7.09. The Morgan fingerprint density at radius 2 is 2.64 bits per heavy atom. The number of nitrogens with one attached hydrogen (secondary N) is 1. The van der Waals surface area contributed by atoms with E-state index in [1.54, 1.807) is 30.0 Å². The van der Waals surface area contributed by atoms with Gasteiger partial charge >= 0.3 is 0 Å². The van der Waals surface area contributed by atoms with Gasteiger partial charge in [-0.15, -0.1) is 11.3 Å². The van der Waals surface area contributed by atoms with E-state index < -0.39 is 0 Å². The summed E-state index contributed by atoms with van der Waals surface area (Å²) in [5.74, 6) is 0.162. The Hall–Kier alpha value is -0.740. The van der Waals surface area contributed by atoms with Crippen molar-refractivity contribution in [1.82, 2.24) is 10.3 Å². The van der Waals surface area contributed by atoms with E-state index in [4.69, 9.17) is 0 Å². The molecule has 0 aliphatic carbocycles. The molecule has 0 saturated carbocycles. The number of carbonyl (C=O) groups is 1. The van der Waals surface area contributed by atoms with Crippen molar-refractivity contribution in [2.24, 2.45) is 0 Å². The third-order valence-electron chi connectivity index (χ3n) is 1.16. The minimum atomic E-state index is 0.162. The van der Waals surface area contributed by atoms with Crippen molar-refractivity contribution in [2.75, 3.05) is 6.54 Å². The molecule has 0 fully saturated rings. The first-order valence-corrected chi connectivity index (χ1v) is 4.24. The summed E-state index contributed by atoms with van der Waals surface area (Å²) < 4.78 is 0. The number of rotatable bonds is 4. The summed E-state index contributed by atoms with van der Waals surface area (Å²) in [4.78, 5) is 15.6. The molecule has 0 unspecified atom stereocenters. The Morgan fingerprint density at radius 3 is 3.18 bits per heavy atom. The lowest BCUT2D eigenvalue weighted by Crippen LogP contribution is -2.19. The lowest BCUT2D eigenvalue weighted by molar-refractivity contribution is -0.116. The molecule has 1 rings (SSSR count). The largest absolute Gasteiger partial charge is 0.305 e. The van der Waals surface area contributed by atoms with Gasteiger partial charge in [-0.25, -0.2) is 0 Å². The second-order valence-electron chi connectivity index (χ2n) is 2.27. The van der Waals surface area contributed by atoms with Gasteiger partial charge in [0.1, 0.15) is 5.78 Å². The zero-order valence-corrected chi connectivity index (χ0v) is 7.15. The fourth-order valence-corrected chi connectivity index (χ4v) is 1.26. The highest BCUT2D eigenvalue weighted by Crippen LogP contribution is 2.03. The summed E-state index contributed by atoms with van der Waals surface area (Å²) in [7, 11) is 0. The van der Waals surface area contributed by atoms with E-state index in [1.807, 2.05) is 0 Å². The van der Waals surface area contributed by atoms with Crippen molar-refractivity contribution in [1.29, 1.82) is 0 Å². The molecule has 1 aromatic rings. The molecule has 4 heteroatoms. The molecule has 0 atom stereocenters. The van der Waals surface area contributed by atoms with E-state index in [0.29, 0.717) is 6.54 Å². The Morgan fingerprint density at radius 1 is 1.82 bits per heavy atom. The molecule has 0 aromatic carbocycles. The molecule has 3 nitrogen and oxygen atoms in total. The van der Waals surface area contributed by atoms with Crippen LogP contribution >= 0.6 is 11.3 Å². The van der Waals surface area contributed by atoms with Crippen LogP contribution < -0.4 is 5.32 Å². The summed E-state index contributed by atoms with van der Waals surface area (Å²) in [6.07, 6.45) is 1.80. The molecule has 0 aliphatic heterocycles. The number of Topliss-reactive ketones (excluding diaryl/α,β-unsaturated/α-hetero) is 1. The van der Waals surface area contributed by atoms with Gasteiger partial charge in [0, 0.05) is 17.6 Å². The van der Waals surface area contributed by atoms with Crippen molar-refractivity contribution in [3.8, 4) is 0 Å². The standard InChI is InChI=1S/C7H10N2OS/c1-6(10)2-8-3-7-4-9-5-11-7/h4-5,8H,2-3H2,1H3. The van der Waals surface area contributed by atoms with Crippen molar-refractivity contribution in [3.05, 3.63) is 16.6 Å². The number of ketones is 1. The normalized spacial score (nSPS) is 9.91. The molecule has 60 valence electrons. The summed E-state index contributed by atoms with van der Waals surface area (Å²) in [6, 6.07) is 0. The van der Waals surface area contributed by atoms with Crippen LogP contribution in [0.4, 0.5) is 0 Å². The average Bonchev–Trinajstić information content (AvgIpc) is 2.39. The summed E-state index contributed by atoms with van der Waals surface area (Å²) in [5.41, 5.74) is 1.78. The number of carbonyl (C=O) groups excluding carboxylic acids is 1. The molecule has 1 N–H and O–H groups in total. The molecule has 0 amide bonds. The van der Waals surface area contributed by atoms with Gasteiger partial charge in [0.05, 0.1) is 12.1 Å². The Bertz CT molecular complexity index is 220. The predicted molar refractivity (Wildman–Crippen MR) is 44.5 cm³/mol. The van der Waals surface area contributed by atoms with Crippen molar-refractivity contribution < 1.29 is 4.79 Å². The maximum absolute atomic E-state index is 10.5. The Labute approximate surface area is 69.5 Å². The number of aromatic nitrogens is 1. The van der Waals surface area contributed by atoms with E-state index in [2.05, 4.69) is 10.3 Å². The number of nitrogens with zero attached hydrogens (tertiary/aromatic N) is 1. The topological polar surface area (TPSA) is 42.0 Å². The summed E-state index contributed by atoms with van der Waals surface area (Å²) >= 11 is 1.59. The SMILES string of the molecule is CC(=O)CNCc1cncs1. The zero-order valence-electron chi connectivity index (χ0n) is 6.33. The summed E-state index contributed by atoms with van der Waals surface area (Å²) in [5, 5.41) is 3.01. The molecule has 0 radical (unpaired) electrons. The maximum atomic E-state index is 10.5. The van der Waals surface area contributed by atoms with Crippen LogP contribution in [0.15, 0.2) is 11.7 Å². The first kappa shape index (κ1) is 8.36. The van der Waals surface area contributed by atoms with Crippen LogP contribution in [0.3, 0.4) is 0 Å². The zero-order chi connectivity index (χ0) is 8.10. The smallest absolute Gasteiger partial charge is 0.143 e. The fourth-order valence-electron chi connectivity index (χ4n) is 0.691. The first-order valence-electron chi connectivity index (χ1n) is 3.36. The first-order chi connectivity index (χ1) is 5.29. The molecule has 0 saturated heterocycles. The highest BCUT2D eigenvalue weighted by Gasteiger charge is 1.94. The summed E-state index contributed by atoms with van der Waals surface area (Å²) in [6.45, 7) is 2.75. The van der Waals surface area contributed by atoms with E-state index in [9.17, 15) is 4.79 Å². The fraction of sp³-hybridized carbons (Fsp3) is 0.429. The average molecular weight is 170 g/mol. The molecule has 0 bridgehead atoms. The third-order valence-corrected chi connectivity index (χ3v) is 1.94. The quantitative estimate of drug-likeness (QED) is 0.727. The van der Waals surface area contributed by atoms with Gasteiger partial charge in [-0.3, -0.25) is 9.78 Å². The van der Waals surface area contributed by atoms with Crippen molar-refractivity contribution in [3.63, 3.8) is 0 Å².